The number of rotatable bonds is 6. The summed E-state index contributed by atoms with van der Waals surface area (Å²) < 4.78 is 39.4. The molecule has 0 heterocycles. The Morgan fingerprint density at radius 1 is 1.42 bits per heavy atom. The molecule has 0 amide bonds. The van der Waals surface area contributed by atoms with Crippen molar-refractivity contribution in [3.05, 3.63) is 29.0 Å². The van der Waals surface area contributed by atoms with Crippen molar-refractivity contribution in [2.45, 2.75) is 31.3 Å². The summed E-state index contributed by atoms with van der Waals surface area (Å²) in [4.78, 5) is -0.478. The second kappa shape index (κ2) is 6.65. The third-order valence-electron chi connectivity index (χ3n) is 2.44. The Morgan fingerprint density at radius 2 is 2.05 bits per heavy atom. The fourth-order valence-corrected chi connectivity index (χ4v) is 2.89. The van der Waals surface area contributed by atoms with Crippen LogP contribution in [0.2, 0.25) is 5.02 Å². The predicted molar refractivity (Wildman–Crippen MR) is 72.1 cm³/mol. The van der Waals surface area contributed by atoms with Gasteiger partial charge in [0.15, 0.2) is 0 Å². The summed E-state index contributed by atoms with van der Waals surface area (Å²) in [5, 5.41) is 9.72. The molecule has 1 aromatic carbocycles. The summed E-state index contributed by atoms with van der Waals surface area (Å²) in [5.41, 5.74) is 0. The molecule has 0 saturated heterocycles. The average molecular weight is 310 g/mol. The summed E-state index contributed by atoms with van der Waals surface area (Å²) in [5.74, 6) is -0.676. The molecule has 1 unspecified atom stereocenters. The molecule has 108 valence electrons. The molecule has 0 aliphatic heterocycles. The summed E-state index contributed by atoms with van der Waals surface area (Å²) in [6.45, 7) is 3.68. The van der Waals surface area contributed by atoms with Crippen molar-refractivity contribution in [3.63, 3.8) is 0 Å². The molecule has 0 bridgehead atoms. The molecule has 1 rings (SSSR count). The van der Waals surface area contributed by atoms with Crippen molar-refractivity contribution in [3.8, 4) is 0 Å². The second-order valence-corrected chi connectivity index (χ2v) is 6.88. The van der Waals surface area contributed by atoms with E-state index in [1.807, 2.05) is 13.8 Å². The van der Waals surface area contributed by atoms with Gasteiger partial charge in [-0.1, -0.05) is 25.4 Å². The van der Waals surface area contributed by atoms with Gasteiger partial charge in [0.25, 0.3) is 0 Å². The Kier molecular flexibility index (Phi) is 5.73. The molecule has 1 aromatic rings. The topological polar surface area (TPSA) is 66.4 Å². The van der Waals surface area contributed by atoms with Crippen molar-refractivity contribution in [1.82, 2.24) is 4.72 Å². The Labute approximate surface area is 117 Å². The minimum absolute atomic E-state index is 0.122. The number of nitrogens with one attached hydrogen (secondary N) is 1. The normalized spacial score (nSPS) is 13.8. The summed E-state index contributed by atoms with van der Waals surface area (Å²) in [6, 6.07) is 3.32. The van der Waals surface area contributed by atoms with Gasteiger partial charge in [-0.3, -0.25) is 0 Å². The molecule has 2 N–H and O–H groups in total. The van der Waals surface area contributed by atoms with Crippen LogP contribution >= 0.6 is 11.6 Å². The van der Waals surface area contributed by atoms with Gasteiger partial charge in [-0.15, -0.1) is 0 Å². The Balaban J connectivity index is 2.76. The maximum absolute atomic E-state index is 13.5. The van der Waals surface area contributed by atoms with E-state index >= 15 is 0 Å². The number of sulfonamides is 1. The summed E-state index contributed by atoms with van der Waals surface area (Å²) in [6.07, 6.45) is -0.337. The van der Waals surface area contributed by atoms with Crippen LogP contribution < -0.4 is 4.72 Å². The lowest BCUT2D eigenvalue weighted by Crippen LogP contribution is -2.33. The predicted octanol–water partition coefficient (Wildman–Crippen LogP) is 2.16. The number of aliphatic hydroxyl groups excluding tert-OH is 1. The van der Waals surface area contributed by atoms with Crippen LogP contribution in [-0.4, -0.2) is 26.2 Å². The number of aliphatic hydroxyl groups is 1. The van der Waals surface area contributed by atoms with Crippen LogP contribution in [-0.2, 0) is 10.0 Å². The smallest absolute Gasteiger partial charge is 0.243 e. The molecule has 0 fully saturated rings. The number of hydrogen-bond acceptors (Lipinski definition) is 3. The second-order valence-electron chi connectivity index (χ2n) is 4.71. The standard InChI is InChI=1S/C12H17ClFNO3S/c1-8(2)5-10(16)7-15-19(17,18)12-4-3-9(13)6-11(12)14/h3-4,6,8,10,15-16H,5,7H2,1-2H3. The van der Waals surface area contributed by atoms with Crippen LogP contribution in [0.15, 0.2) is 23.1 Å². The van der Waals surface area contributed by atoms with Gasteiger partial charge in [0.1, 0.15) is 10.7 Å². The molecule has 0 aromatic heterocycles. The molecule has 0 aliphatic carbocycles. The lowest BCUT2D eigenvalue weighted by Gasteiger charge is -2.14. The molecule has 19 heavy (non-hydrogen) atoms. The van der Waals surface area contributed by atoms with E-state index in [4.69, 9.17) is 11.6 Å². The molecule has 1 atom stereocenters. The van der Waals surface area contributed by atoms with Crippen LogP contribution in [0.4, 0.5) is 4.39 Å². The minimum atomic E-state index is -3.98. The average Bonchev–Trinajstić information content (AvgIpc) is 2.25. The minimum Gasteiger partial charge on any atom is -0.392 e. The van der Waals surface area contributed by atoms with Crippen LogP contribution in [0.5, 0.6) is 0 Å². The molecule has 0 aliphatic rings. The van der Waals surface area contributed by atoms with E-state index in [9.17, 15) is 17.9 Å². The van der Waals surface area contributed by atoms with Crippen LogP contribution in [0.3, 0.4) is 0 Å². The first-order valence-electron chi connectivity index (χ1n) is 5.85. The zero-order chi connectivity index (χ0) is 14.6. The Bertz CT molecular complexity index is 534. The van der Waals surface area contributed by atoms with E-state index in [0.717, 1.165) is 12.1 Å². The first-order chi connectivity index (χ1) is 8.72. The maximum atomic E-state index is 13.5. The quantitative estimate of drug-likeness (QED) is 0.846. The zero-order valence-corrected chi connectivity index (χ0v) is 12.3. The molecular weight excluding hydrogens is 293 g/mol. The van der Waals surface area contributed by atoms with Gasteiger partial charge in [0.05, 0.1) is 6.10 Å². The van der Waals surface area contributed by atoms with Crippen molar-refractivity contribution in [1.29, 1.82) is 0 Å². The maximum Gasteiger partial charge on any atom is 0.243 e. The van der Waals surface area contributed by atoms with Gasteiger partial charge in [-0.2, -0.15) is 0 Å². The lowest BCUT2D eigenvalue weighted by atomic mass is 10.1. The number of hydrogen-bond donors (Lipinski definition) is 2. The first kappa shape index (κ1) is 16.4. The van der Waals surface area contributed by atoms with Crippen LogP contribution in [0, 0.1) is 11.7 Å². The van der Waals surface area contributed by atoms with E-state index in [0.29, 0.717) is 6.42 Å². The van der Waals surface area contributed by atoms with Crippen molar-refractivity contribution in [2.75, 3.05) is 6.54 Å². The van der Waals surface area contributed by atoms with Gasteiger partial charge >= 0.3 is 0 Å². The van der Waals surface area contributed by atoms with Crippen molar-refractivity contribution < 1.29 is 17.9 Å². The Hall–Kier alpha value is -0.690. The van der Waals surface area contributed by atoms with Gasteiger partial charge < -0.3 is 5.11 Å². The summed E-state index contributed by atoms with van der Waals surface area (Å²) in [7, 11) is -3.98. The van der Waals surface area contributed by atoms with Gasteiger partial charge in [0.2, 0.25) is 10.0 Å². The third kappa shape index (κ3) is 5.06. The largest absolute Gasteiger partial charge is 0.392 e. The van der Waals surface area contributed by atoms with E-state index in [1.165, 1.54) is 6.07 Å². The van der Waals surface area contributed by atoms with E-state index < -0.39 is 26.8 Å². The molecule has 0 radical (unpaired) electrons. The highest BCUT2D eigenvalue weighted by molar-refractivity contribution is 7.89. The highest BCUT2D eigenvalue weighted by Gasteiger charge is 2.20. The van der Waals surface area contributed by atoms with Crippen molar-refractivity contribution >= 4 is 21.6 Å². The third-order valence-corrected chi connectivity index (χ3v) is 4.13. The molecule has 7 heteroatoms. The van der Waals surface area contributed by atoms with E-state index in [-0.39, 0.29) is 17.5 Å². The monoisotopic (exact) mass is 309 g/mol. The van der Waals surface area contributed by atoms with Crippen LogP contribution in [0.25, 0.3) is 0 Å². The molecule has 0 saturated carbocycles. The van der Waals surface area contributed by atoms with E-state index in [2.05, 4.69) is 4.72 Å². The number of halogens is 2. The SMILES string of the molecule is CC(C)CC(O)CNS(=O)(=O)c1ccc(Cl)cc1F. The van der Waals surface area contributed by atoms with Gasteiger partial charge in [0, 0.05) is 11.6 Å². The van der Waals surface area contributed by atoms with E-state index in [1.54, 1.807) is 0 Å². The van der Waals surface area contributed by atoms with Gasteiger partial charge in [-0.25, -0.2) is 17.5 Å². The van der Waals surface area contributed by atoms with Crippen LogP contribution in [0.1, 0.15) is 20.3 Å². The molecular formula is C12H17ClFNO3S. The fraction of sp³-hybridized carbons (Fsp3) is 0.500. The zero-order valence-electron chi connectivity index (χ0n) is 10.7. The first-order valence-corrected chi connectivity index (χ1v) is 7.71. The summed E-state index contributed by atoms with van der Waals surface area (Å²) >= 11 is 5.56. The fourth-order valence-electron chi connectivity index (χ4n) is 1.60. The molecule has 0 spiro atoms. The van der Waals surface area contributed by atoms with Gasteiger partial charge in [-0.05, 0) is 30.5 Å². The highest BCUT2D eigenvalue weighted by Crippen LogP contribution is 2.18. The molecule has 4 nitrogen and oxygen atoms in total. The lowest BCUT2D eigenvalue weighted by molar-refractivity contribution is 0.152. The Morgan fingerprint density at radius 3 is 2.58 bits per heavy atom. The highest BCUT2D eigenvalue weighted by atomic mass is 35.5. The van der Waals surface area contributed by atoms with Crippen molar-refractivity contribution in [2.24, 2.45) is 5.92 Å². The number of benzene rings is 1.